The molecule has 0 aromatic heterocycles. The lowest BCUT2D eigenvalue weighted by atomic mass is 9.93. The molecule has 0 bridgehead atoms. The van der Waals surface area contributed by atoms with Gasteiger partial charge in [0.15, 0.2) is 5.78 Å². The van der Waals surface area contributed by atoms with Crippen LogP contribution >= 0.6 is 0 Å². The molecular weight excluding hydrogens is 222 g/mol. The normalized spacial score (nSPS) is 19.4. The SMILES string of the molecule is Cc1ccc(C(C)C)cc1C(=O)CC1CCCN1. The zero-order valence-corrected chi connectivity index (χ0v) is 11.6. The maximum Gasteiger partial charge on any atom is 0.164 e. The van der Waals surface area contributed by atoms with Gasteiger partial charge in [-0.2, -0.15) is 0 Å². The molecule has 98 valence electrons. The fourth-order valence-electron chi connectivity index (χ4n) is 2.56. The Morgan fingerprint density at radius 1 is 1.44 bits per heavy atom. The van der Waals surface area contributed by atoms with E-state index >= 15 is 0 Å². The van der Waals surface area contributed by atoms with Crippen LogP contribution in [0.15, 0.2) is 18.2 Å². The molecule has 1 unspecified atom stereocenters. The van der Waals surface area contributed by atoms with Crippen LogP contribution < -0.4 is 5.32 Å². The van der Waals surface area contributed by atoms with Gasteiger partial charge in [0.2, 0.25) is 0 Å². The van der Waals surface area contributed by atoms with Crippen molar-refractivity contribution in [2.24, 2.45) is 0 Å². The van der Waals surface area contributed by atoms with Gasteiger partial charge in [0, 0.05) is 18.0 Å². The summed E-state index contributed by atoms with van der Waals surface area (Å²) in [5, 5.41) is 3.39. The summed E-state index contributed by atoms with van der Waals surface area (Å²) in [6, 6.07) is 6.67. The minimum atomic E-state index is 0.286. The molecule has 1 atom stereocenters. The van der Waals surface area contributed by atoms with Gasteiger partial charge in [-0.1, -0.05) is 26.0 Å². The summed E-state index contributed by atoms with van der Waals surface area (Å²) in [5.41, 5.74) is 3.26. The Bertz CT molecular complexity index is 431. The van der Waals surface area contributed by atoms with Crippen LogP contribution in [0.25, 0.3) is 0 Å². The van der Waals surface area contributed by atoms with Crippen LogP contribution in [-0.4, -0.2) is 18.4 Å². The lowest BCUT2D eigenvalue weighted by molar-refractivity contribution is 0.0971. The van der Waals surface area contributed by atoms with E-state index < -0.39 is 0 Å². The number of hydrogen-bond donors (Lipinski definition) is 1. The molecule has 1 saturated heterocycles. The molecule has 0 amide bonds. The Morgan fingerprint density at radius 3 is 2.83 bits per heavy atom. The number of hydrogen-bond acceptors (Lipinski definition) is 2. The van der Waals surface area contributed by atoms with Gasteiger partial charge in [-0.3, -0.25) is 4.79 Å². The monoisotopic (exact) mass is 245 g/mol. The molecule has 1 aromatic rings. The zero-order valence-electron chi connectivity index (χ0n) is 11.6. The molecule has 0 spiro atoms. The topological polar surface area (TPSA) is 29.1 Å². The van der Waals surface area contributed by atoms with Crippen LogP contribution in [0, 0.1) is 6.92 Å². The third-order valence-corrected chi connectivity index (χ3v) is 3.82. The predicted octanol–water partition coefficient (Wildman–Crippen LogP) is 3.44. The van der Waals surface area contributed by atoms with Crippen LogP contribution in [0.1, 0.15) is 60.5 Å². The van der Waals surface area contributed by atoms with Crippen LogP contribution in [0.5, 0.6) is 0 Å². The maximum atomic E-state index is 12.4. The van der Waals surface area contributed by atoms with Crippen LogP contribution in [0.4, 0.5) is 0 Å². The second-order valence-electron chi connectivity index (χ2n) is 5.65. The molecule has 1 N–H and O–H groups in total. The van der Waals surface area contributed by atoms with E-state index in [9.17, 15) is 4.79 Å². The van der Waals surface area contributed by atoms with E-state index in [0.717, 1.165) is 24.1 Å². The lowest BCUT2D eigenvalue weighted by Gasteiger charge is -2.13. The van der Waals surface area contributed by atoms with Gasteiger partial charge in [0.1, 0.15) is 0 Å². The van der Waals surface area contributed by atoms with E-state index in [1.165, 1.54) is 12.0 Å². The minimum Gasteiger partial charge on any atom is -0.314 e. The van der Waals surface area contributed by atoms with Gasteiger partial charge >= 0.3 is 0 Å². The Kier molecular flexibility index (Phi) is 4.18. The molecule has 1 aromatic carbocycles. The first-order valence-corrected chi connectivity index (χ1v) is 6.95. The van der Waals surface area contributed by atoms with Crippen LogP contribution in [-0.2, 0) is 0 Å². The average Bonchev–Trinajstić information content (AvgIpc) is 2.81. The highest BCUT2D eigenvalue weighted by Gasteiger charge is 2.20. The summed E-state index contributed by atoms with van der Waals surface area (Å²) in [5.74, 6) is 0.760. The van der Waals surface area contributed by atoms with Gasteiger partial charge < -0.3 is 5.32 Å². The van der Waals surface area contributed by atoms with Crippen molar-refractivity contribution in [1.29, 1.82) is 0 Å². The Hall–Kier alpha value is -1.15. The third-order valence-electron chi connectivity index (χ3n) is 3.82. The summed E-state index contributed by atoms with van der Waals surface area (Å²) in [6.07, 6.45) is 2.97. The molecule has 2 nitrogen and oxygen atoms in total. The van der Waals surface area contributed by atoms with E-state index in [1.807, 2.05) is 6.92 Å². The van der Waals surface area contributed by atoms with Crippen molar-refractivity contribution in [3.8, 4) is 0 Å². The van der Waals surface area contributed by atoms with Gasteiger partial charge in [-0.15, -0.1) is 0 Å². The van der Waals surface area contributed by atoms with E-state index in [1.54, 1.807) is 0 Å². The number of ketones is 1. The first kappa shape index (κ1) is 13.3. The second kappa shape index (κ2) is 5.66. The molecule has 0 aliphatic carbocycles. The molecule has 1 aliphatic heterocycles. The number of rotatable bonds is 4. The highest BCUT2D eigenvalue weighted by atomic mass is 16.1. The Morgan fingerprint density at radius 2 is 2.22 bits per heavy atom. The standard InChI is InChI=1S/C16H23NO/c1-11(2)13-7-6-12(3)15(9-13)16(18)10-14-5-4-8-17-14/h6-7,9,11,14,17H,4-5,8,10H2,1-3H3. The van der Waals surface area contributed by atoms with Crippen molar-refractivity contribution in [2.75, 3.05) is 6.54 Å². The zero-order chi connectivity index (χ0) is 13.1. The number of nitrogens with one attached hydrogen (secondary N) is 1. The minimum absolute atomic E-state index is 0.286. The predicted molar refractivity (Wildman–Crippen MR) is 75.2 cm³/mol. The average molecular weight is 245 g/mol. The first-order chi connectivity index (χ1) is 8.58. The second-order valence-corrected chi connectivity index (χ2v) is 5.65. The van der Waals surface area contributed by atoms with Crippen molar-refractivity contribution in [3.63, 3.8) is 0 Å². The van der Waals surface area contributed by atoms with Gasteiger partial charge in [-0.05, 0) is 49.4 Å². The van der Waals surface area contributed by atoms with Crippen molar-refractivity contribution in [2.45, 2.75) is 52.0 Å². The molecular formula is C16H23NO. The number of aryl methyl sites for hydroxylation is 1. The molecule has 18 heavy (non-hydrogen) atoms. The lowest BCUT2D eigenvalue weighted by Crippen LogP contribution is -2.24. The van der Waals surface area contributed by atoms with Crippen molar-refractivity contribution in [3.05, 3.63) is 34.9 Å². The Balaban J connectivity index is 2.15. The number of carbonyl (C=O) groups excluding carboxylic acids is 1. The van der Waals surface area contributed by atoms with Gasteiger partial charge in [0.25, 0.3) is 0 Å². The molecule has 0 radical (unpaired) electrons. The Labute approximate surface area is 110 Å². The summed E-state index contributed by atoms with van der Waals surface area (Å²) in [4.78, 5) is 12.4. The molecule has 0 saturated carbocycles. The van der Waals surface area contributed by atoms with Crippen molar-refractivity contribution in [1.82, 2.24) is 5.32 Å². The number of carbonyl (C=O) groups is 1. The highest BCUT2D eigenvalue weighted by molar-refractivity contribution is 5.98. The van der Waals surface area contributed by atoms with Crippen molar-refractivity contribution >= 4 is 5.78 Å². The van der Waals surface area contributed by atoms with Gasteiger partial charge in [-0.25, -0.2) is 0 Å². The van der Waals surface area contributed by atoms with Crippen LogP contribution in [0.2, 0.25) is 0 Å². The van der Waals surface area contributed by atoms with E-state index in [0.29, 0.717) is 18.4 Å². The van der Waals surface area contributed by atoms with Gasteiger partial charge in [0.05, 0.1) is 0 Å². The fourth-order valence-corrected chi connectivity index (χ4v) is 2.56. The summed E-state index contributed by atoms with van der Waals surface area (Å²) >= 11 is 0. The van der Waals surface area contributed by atoms with Crippen LogP contribution in [0.3, 0.4) is 0 Å². The smallest absolute Gasteiger partial charge is 0.164 e. The fraction of sp³-hybridized carbons (Fsp3) is 0.562. The maximum absolute atomic E-state index is 12.4. The highest BCUT2D eigenvalue weighted by Crippen LogP contribution is 2.21. The van der Waals surface area contributed by atoms with Crippen molar-refractivity contribution < 1.29 is 4.79 Å². The number of Topliss-reactive ketones (excluding diaryl/α,β-unsaturated/α-hetero) is 1. The molecule has 1 aliphatic rings. The summed E-state index contributed by atoms with van der Waals surface area (Å²) in [7, 11) is 0. The van der Waals surface area contributed by atoms with E-state index in [-0.39, 0.29) is 5.78 Å². The molecule has 2 rings (SSSR count). The molecule has 1 fully saturated rings. The first-order valence-electron chi connectivity index (χ1n) is 6.95. The largest absolute Gasteiger partial charge is 0.314 e. The molecule has 1 heterocycles. The van der Waals surface area contributed by atoms with E-state index in [2.05, 4.69) is 37.4 Å². The van der Waals surface area contributed by atoms with E-state index in [4.69, 9.17) is 0 Å². The number of benzene rings is 1. The quantitative estimate of drug-likeness (QED) is 0.823. The summed E-state index contributed by atoms with van der Waals surface area (Å²) < 4.78 is 0. The summed E-state index contributed by atoms with van der Waals surface area (Å²) in [6.45, 7) is 7.41. The molecule has 2 heteroatoms. The third kappa shape index (κ3) is 2.99.